The van der Waals surface area contributed by atoms with E-state index >= 15 is 0 Å². The fraction of sp³-hybridized carbons (Fsp3) is 0.333. The molecule has 2 rings (SSSR count). The van der Waals surface area contributed by atoms with Gasteiger partial charge in [0.1, 0.15) is 5.03 Å². The van der Waals surface area contributed by atoms with Crippen LogP contribution in [-0.2, 0) is 0 Å². The van der Waals surface area contributed by atoms with E-state index < -0.39 is 0 Å². The molecule has 74 valence electrons. The van der Waals surface area contributed by atoms with Gasteiger partial charge in [-0.05, 0) is 24.8 Å². The minimum absolute atomic E-state index is 0.778. The number of aromatic nitrogens is 3. The average Bonchev–Trinajstić information content (AvgIpc) is 2.59. The number of fused-ring (bicyclic) bond motifs is 1. The summed E-state index contributed by atoms with van der Waals surface area (Å²) in [6.07, 6.45) is 3.87. The molecular weight excluding hydrogens is 196 g/mol. The number of thioether (sulfide) groups is 1. The van der Waals surface area contributed by atoms with Crippen LogP contribution >= 0.6 is 11.8 Å². The molecule has 0 atom stereocenters. The molecule has 0 aliphatic heterocycles. The van der Waals surface area contributed by atoms with Gasteiger partial charge in [-0.25, -0.2) is 9.50 Å². The Kier molecular flexibility index (Phi) is 2.33. The van der Waals surface area contributed by atoms with E-state index in [9.17, 15) is 0 Å². The Morgan fingerprint density at radius 2 is 2.29 bits per heavy atom. The first-order chi connectivity index (χ1) is 6.76. The van der Waals surface area contributed by atoms with Crippen molar-refractivity contribution >= 4 is 23.2 Å². The zero-order valence-corrected chi connectivity index (χ0v) is 9.22. The Bertz CT molecular complexity index is 463. The van der Waals surface area contributed by atoms with Crippen LogP contribution in [0.25, 0.3) is 5.52 Å². The summed E-state index contributed by atoms with van der Waals surface area (Å²) in [5, 5.41) is 8.29. The van der Waals surface area contributed by atoms with Crippen molar-refractivity contribution in [3.63, 3.8) is 0 Å². The second kappa shape index (κ2) is 3.49. The van der Waals surface area contributed by atoms with Gasteiger partial charge in [0, 0.05) is 7.05 Å². The van der Waals surface area contributed by atoms with E-state index in [-0.39, 0.29) is 0 Å². The second-order valence-electron chi connectivity index (χ2n) is 3.00. The highest BCUT2D eigenvalue weighted by molar-refractivity contribution is 7.98. The van der Waals surface area contributed by atoms with E-state index in [2.05, 4.69) is 15.4 Å². The van der Waals surface area contributed by atoms with Gasteiger partial charge < -0.3 is 5.32 Å². The summed E-state index contributed by atoms with van der Waals surface area (Å²) in [7, 11) is 1.85. The molecular formula is C9H12N4S. The number of aryl methyl sites for hydroxylation is 1. The largest absolute Gasteiger partial charge is 0.357 e. The minimum atomic E-state index is 0.778. The Morgan fingerprint density at radius 1 is 1.50 bits per heavy atom. The van der Waals surface area contributed by atoms with Crippen LogP contribution in [0.3, 0.4) is 0 Å². The SMILES string of the molecule is CNc1nc(SC)cc2c(C)cnn12. The lowest BCUT2D eigenvalue weighted by Crippen LogP contribution is -2.02. The molecule has 0 spiro atoms. The van der Waals surface area contributed by atoms with Crippen LogP contribution in [0.5, 0.6) is 0 Å². The van der Waals surface area contributed by atoms with Crippen LogP contribution in [0.4, 0.5) is 5.95 Å². The topological polar surface area (TPSA) is 42.2 Å². The van der Waals surface area contributed by atoms with Gasteiger partial charge in [-0.15, -0.1) is 11.8 Å². The van der Waals surface area contributed by atoms with Gasteiger partial charge in [0.15, 0.2) is 0 Å². The summed E-state index contributed by atoms with van der Waals surface area (Å²) in [5.41, 5.74) is 2.27. The lowest BCUT2D eigenvalue weighted by Gasteiger charge is -2.05. The number of hydrogen-bond donors (Lipinski definition) is 1. The molecule has 5 heteroatoms. The smallest absolute Gasteiger partial charge is 0.225 e. The maximum absolute atomic E-state index is 4.40. The molecule has 0 saturated carbocycles. The fourth-order valence-electron chi connectivity index (χ4n) is 1.35. The van der Waals surface area contributed by atoms with Crippen LogP contribution in [0.1, 0.15) is 5.56 Å². The standard InChI is InChI=1S/C9H12N4S/c1-6-5-11-13-7(6)4-8(14-3)12-9(13)10-2/h4-5H,1-3H3,(H,10,12). The molecule has 0 bridgehead atoms. The van der Waals surface area contributed by atoms with Crippen molar-refractivity contribution in [3.05, 3.63) is 17.8 Å². The second-order valence-corrected chi connectivity index (χ2v) is 3.82. The highest BCUT2D eigenvalue weighted by Crippen LogP contribution is 2.20. The molecule has 2 aromatic rings. The molecule has 0 aliphatic rings. The molecule has 2 heterocycles. The maximum Gasteiger partial charge on any atom is 0.225 e. The van der Waals surface area contributed by atoms with Gasteiger partial charge >= 0.3 is 0 Å². The van der Waals surface area contributed by atoms with E-state index in [1.54, 1.807) is 11.8 Å². The molecule has 0 fully saturated rings. The predicted molar refractivity (Wildman–Crippen MR) is 59.1 cm³/mol. The van der Waals surface area contributed by atoms with Gasteiger partial charge in [0.05, 0.1) is 11.7 Å². The van der Waals surface area contributed by atoms with Crippen molar-refractivity contribution in [3.8, 4) is 0 Å². The molecule has 4 nitrogen and oxygen atoms in total. The van der Waals surface area contributed by atoms with Crippen molar-refractivity contribution < 1.29 is 0 Å². The summed E-state index contributed by atoms with van der Waals surface area (Å²) in [6, 6.07) is 2.05. The Labute approximate surface area is 86.7 Å². The molecule has 0 amide bonds. The van der Waals surface area contributed by atoms with Crippen molar-refractivity contribution in [2.75, 3.05) is 18.6 Å². The molecule has 1 N–H and O–H groups in total. The monoisotopic (exact) mass is 208 g/mol. The summed E-state index contributed by atoms with van der Waals surface area (Å²) < 4.78 is 1.81. The first kappa shape index (κ1) is 9.33. The van der Waals surface area contributed by atoms with Crippen LogP contribution in [0, 0.1) is 6.92 Å². The molecule has 2 aromatic heterocycles. The molecule has 0 unspecified atom stereocenters. The predicted octanol–water partition coefficient (Wildman–Crippen LogP) is 1.80. The van der Waals surface area contributed by atoms with E-state index in [0.717, 1.165) is 16.5 Å². The Morgan fingerprint density at radius 3 is 2.93 bits per heavy atom. The maximum atomic E-state index is 4.40. The highest BCUT2D eigenvalue weighted by Gasteiger charge is 2.06. The average molecular weight is 208 g/mol. The van der Waals surface area contributed by atoms with Gasteiger partial charge in [0.25, 0.3) is 0 Å². The van der Waals surface area contributed by atoms with Crippen LogP contribution in [0.15, 0.2) is 17.3 Å². The van der Waals surface area contributed by atoms with Crippen molar-refractivity contribution in [2.24, 2.45) is 0 Å². The van der Waals surface area contributed by atoms with Crippen LogP contribution in [0.2, 0.25) is 0 Å². The Balaban J connectivity index is 2.76. The zero-order chi connectivity index (χ0) is 10.1. The first-order valence-corrected chi connectivity index (χ1v) is 5.56. The molecule has 0 aromatic carbocycles. The van der Waals surface area contributed by atoms with Gasteiger partial charge in [-0.3, -0.25) is 0 Å². The van der Waals surface area contributed by atoms with Gasteiger partial charge in [-0.2, -0.15) is 5.10 Å². The van der Waals surface area contributed by atoms with Crippen LogP contribution < -0.4 is 5.32 Å². The number of anilines is 1. The van der Waals surface area contributed by atoms with E-state index in [4.69, 9.17) is 0 Å². The van der Waals surface area contributed by atoms with Gasteiger partial charge in [-0.1, -0.05) is 0 Å². The van der Waals surface area contributed by atoms with Gasteiger partial charge in [0.2, 0.25) is 5.95 Å². The first-order valence-electron chi connectivity index (χ1n) is 4.33. The summed E-state index contributed by atoms with van der Waals surface area (Å²) in [6.45, 7) is 2.05. The third-order valence-electron chi connectivity index (χ3n) is 2.11. The third kappa shape index (κ3) is 1.33. The van der Waals surface area contributed by atoms with E-state index in [1.165, 1.54) is 5.56 Å². The third-order valence-corrected chi connectivity index (χ3v) is 2.74. The number of nitrogens with one attached hydrogen (secondary N) is 1. The quantitative estimate of drug-likeness (QED) is 0.603. The zero-order valence-electron chi connectivity index (χ0n) is 8.40. The normalized spacial score (nSPS) is 10.8. The minimum Gasteiger partial charge on any atom is -0.357 e. The summed E-state index contributed by atoms with van der Waals surface area (Å²) in [5.74, 6) is 0.778. The number of rotatable bonds is 2. The lowest BCUT2D eigenvalue weighted by atomic mass is 10.3. The molecule has 0 radical (unpaired) electrons. The number of nitrogens with zero attached hydrogens (tertiary/aromatic N) is 3. The number of hydrogen-bond acceptors (Lipinski definition) is 4. The lowest BCUT2D eigenvalue weighted by molar-refractivity contribution is 0.901. The summed E-state index contributed by atoms with van der Waals surface area (Å²) in [4.78, 5) is 4.40. The van der Waals surface area contributed by atoms with E-state index in [1.807, 2.05) is 37.0 Å². The molecule has 0 saturated heterocycles. The summed E-state index contributed by atoms with van der Waals surface area (Å²) >= 11 is 1.63. The fourth-order valence-corrected chi connectivity index (χ4v) is 1.76. The Hall–Kier alpha value is -1.23. The molecule has 14 heavy (non-hydrogen) atoms. The van der Waals surface area contributed by atoms with Crippen molar-refractivity contribution in [1.82, 2.24) is 14.6 Å². The van der Waals surface area contributed by atoms with Crippen molar-refractivity contribution in [2.45, 2.75) is 11.9 Å². The van der Waals surface area contributed by atoms with E-state index in [0.29, 0.717) is 0 Å². The van der Waals surface area contributed by atoms with Crippen LogP contribution in [-0.4, -0.2) is 27.9 Å². The molecule has 0 aliphatic carbocycles. The van der Waals surface area contributed by atoms with Crippen molar-refractivity contribution in [1.29, 1.82) is 0 Å². The highest BCUT2D eigenvalue weighted by atomic mass is 32.2.